The Bertz CT molecular complexity index is 392. The topological polar surface area (TPSA) is 75.6 Å². The van der Waals surface area contributed by atoms with Crippen molar-refractivity contribution in [3.8, 4) is 0 Å². The molecule has 1 atom stereocenters. The van der Waals surface area contributed by atoms with Crippen LogP contribution < -0.4 is 5.32 Å². The summed E-state index contributed by atoms with van der Waals surface area (Å²) in [6.07, 6.45) is 12.3. The molecule has 0 saturated carbocycles. The van der Waals surface area contributed by atoms with Crippen LogP contribution in [0.1, 0.15) is 77.6 Å². The summed E-state index contributed by atoms with van der Waals surface area (Å²) in [7, 11) is 0. The number of amides is 1. The van der Waals surface area contributed by atoms with E-state index in [9.17, 15) is 14.7 Å². The van der Waals surface area contributed by atoms with Gasteiger partial charge in [0.2, 0.25) is 12.2 Å². The number of hydrogen-bond acceptors (Lipinski definition) is 4. The molecule has 1 rings (SSSR count). The first-order valence-corrected chi connectivity index (χ1v) is 8.99. The molecule has 1 unspecified atom stereocenters. The number of nitrogens with one attached hydrogen (secondary N) is 1. The Morgan fingerprint density at radius 3 is 2.30 bits per heavy atom. The van der Waals surface area contributed by atoms with E-state index in [1.165, 1.54) is 51.0 Å². The second-order valence-electron chi connectivity index (χ2n) is 6.19. The third-order valence-corrected chi connectivity index (χ3v) is 4.09. The van der Waals surface area contributed by atoms with Crippen LogP contribution in [0.4, 0.5) is 0 Å². The summed E-state index contributed by atoms with van der Waals surface area (Å²) >= 11 is 0. The van der Waals surface area contributed by atoms with Gasteiger partial charge in [-0.05, 0) is 12.8 Å². The Kier molecular flexibility index (Phi) is 10.4. The molecule has 0 saturated heterocycles. The van der Waals surface area contributed by atoms with Gasteiger partial charge in [0.15, 0.2) is 0 Å². The fraction of sp³-hybridized carbons (Fsp3) is 0.778. The number of unbranched alkanes of at least 4 members (excludes halogenated alkanes) is 8. The largest absolute Gasteiger partial charge is 0.429 e. The van der Waals surface area contributed by atoms with Gasteiger partial charge >= 0.3 is 5.97 Å². The Balaban J connectivity index is 1.91. The van der Waals surface area contributed by atoms with Gasteiger partial charge in [0.1, 0.15) is 0 Å². The van der Waals surface area contributed by atoms with E-state index in [-0.39, 0.29) is 5.91 Å². The maximum absolute atomic E-state index is 11.7. The second kappa shape index (κ2) is 12.1. The molecule has 0 aliphatic carbocycles. The molecular weight excluding hydrogens is 294 g/mol. The number of esters is 1. The first-order chi connectivity index (χ1) is 11.1. The van der Waals surface area contributed by atoms with Gasteiger partial charge in [-0.25, -0.2) is 4.79 Å². The Morgan fingerprint density at radius 1 is 1.13 bits per heavy atom. The van der Waals surface area contributed by atoms with Crippen LogP contribution in [0.2, 0.25) is 0 Å². The third-order valence-electron chi connectivity index (χ3n) is 4.09. The molecule has 1 heterocycles. The number of rotatable bonds is 13. The molecule has 5 nitrogen and oxygen atoms in total. The van der Waals surface area contributed by atoms with Gasteiger partial charge < -0.3 is 15.2 Å². The van der Waals surface area contributed by atoms with Gasteiger partial charge in [0, 0.05) is 24.6 Å². The monoisotopic (exact) mass is 325 g/mol. The van der Waals surface area contributed by atoms with Crippen LogP contribution >= 0.6 is 0 Å². The van der Waals surface area contributed by atoms with Crippen molar-refractivity contribution in [2.75, 3.05) is 6.54 Å². The number of aliphatic hydroxyl groups is 1. The lowest BCUT2D eigenvalue weighted by molar-refractivity contribution is -0.151. The molecule has 5 heteroatoms. The molecular formula is C18H31NO4. The van der Waals surface area contributed by atoms with Crippen LogP contribution in [0.15, 0.2) is 11.6 Å². The zero-order valence-electron chi connectivity index (χ0n) is 14.3. The van der Waals surface area contributed by atoms with Gasteiger partial charge in [0.25, 0.3) is 0 Å². The summed E-state index contributed by atoms with van der Waals surface area (Å²) < 4.78 is 4.58. The molecule has 0 bridgehead atoms. The van der Waals surface area contributed by atoms with Gasteiger partial charge in [-0.3, -0.25) is 4.79 Å². The van der Waals surface area contributed by atoms with Crippen LogP contribution in [0, 0.1) is 0 Å². The molecule has 0 aromatic heterocycles. The summed E-state index contributed by atoms with van der Waals surface area (Å²) in [4.78, 5) is 22.6. The highest BCUT2D eigenvalue weighted by molar-refractivity contribution is 5.85. The minimum atomic E-state index is -1.14. The smallest absolute Gasteiger partial charge is 0.333 e. The maximum atomic E-state index is 11.7. The lowest BCUT2D eigenvalue weighted by Crippen LogP contribution is -2.25. The molecule has 23 heavy (non-hydrogen) atoms. The summed E-state index contributed by atoms with van der Waals surface area (Å²) in [6, 6.07) is 0. The van der Waals surface area contributed by atoms with E-state index in [1.54, 1.807) is 0 Å². The molecule has 0 aromatic carbocycles. The summed E-state index contributed by atoms with van der Waals surface area (Å²) in [5.41, 5.74) is 0.526. The van der Waals surface area contributed by atoms with E-state index in [0.717, 1.165) is 12.8 Å². The van der Waals surface area contributed by atoms with E-state index in [1.807, 2.05) is 0 Å². The zero-order chi connectivity index (χ0) is 16.9. The highest BCUT2D eigenvalue weighted by atomic mass is 16.6. The van der Waals surface area contributed by atoms with Gasteiger partial charge in [-0.2, -0.15) is 0 Å². The Labute approximate surface area is 139 Å². The van der Waals surface area contributed by atoms with E-state index < -0.39 is 12.3 Å². The SMILES string of the molecule is CCCCCCCCCCCC(=O)NCCC1=CC(=O)OC1O. The highest BCUT2D eigenvalue weighted by Gasteiger charge is 2.22. The number of carbonyl (C=O) groups excluding carboxylic acids is 2. The number of ether oxygens (including phenoxy) is 1. The van der Waals surface area contributed by atoms with Crippen molar-refractivity contribution < 1.29 is 19.4 Å². The quantitative estimate of drug-likeness (QED) is 0.403. The van der Waals surface area contributed by atoms with Crippen molar-refractivity contribution in [3.63, 3.8) is 0 Å². The van der Waals surface area contributed by atoms with Crippen LogP contribution in [-0.2, 0) is 14.3 Å². The van der Waals surface area contributed by atoms with Crippen LogP contribution in [0.3, 0.4) is 0 Å². The second-order valence-corrected chi connectivity index (χ2v) is 6.19. The standard InChI is InChI=1S/C18H31NO4/c1-2-3-4-5-6-7-8-9-10-11-16(20)19-13-12-15-14-17(21)23-18(15)22/h14,18,22H,2-13H2,1H3,(H,19,20). The van der Waals surface area contributed by atoms with Gasteiger partial charge in [-0.1, -0.05) is 58.3 Å². The van der Waals surface area contributed by atoms with Gasteiger partial charge in [0.05, 0.1) is 0 Å². The van der Waals surface area contributed by atoms with Crippen LogP contribution in [-0.4, -0.2) is 29.8 Å². The van der Waals surface area contributed by atoms with Crippen molar-refractivity contribution in [1.82, 2.24) is 5.32 Å². The highest BCUT2D eigenvalue weighted by Crippen LogP contribution is 2.16. The fourth-order valence-electron chi connectivity index (χ4n) is 2.67. The maximum Gasteiger partial charge on any atom is 0.333 e. The van der Waals surface area contributed by atoms with Crippen LogP contribution in [0.5, 0.6) is 0 Å². The van der Waals surface area contributed by atoms with E-state index in [2.05, 4.69) is 17.0 Å². The molecule has 0 radical (unpaired) electrons. The van der Waals surface area contributed by atoms with Crippen molar-refractivity contribution in [2.45, 2.75) is 83.8 Å². The fourth-order valence-corrected chi connectivity index (χ4v) is 2.67. The summed E-state index contributed by atoms with van der Waals surface area (Å²) in [6.45, 7) is 2.65. The molecule has 0 spiro atoms. The van der Waals surface area contributed by atoms with Gasteiger partial charge in [-0.15, -0.1) is 0 Å². The molecule has 2 N–H and O–H groups in total. The predicted octanol–water partition coefficient (Wildman–Crippen LogP) is 3.22. The Hall–Kier alpha value is -1.36. The molecule has 132 valence electrons. The molecule has 1 amide bonds. The number of carbonyl (C=O) groups is 2. The molecule has 1 aliphatic rings. The lowest BCUT2D eigenvalue weighted by atomic mass is 10.1. The predicted molar refractivity (Wildman–Crippen MR) is 89.7 cm³/mol. The lowest BCUT2D eigenvalue weighted by Gasteiger charge is -2.08. The minimum absolute atomic E-state index is 0.0354. The van der Waals surface area contributed by atoms with Crippen molar-refractivity contribution in [2.24, 2.45) is 0 Å². The van der Waals surface area contributed by atoms with Crippen molar-refractivity contribution in [3.05, 3.63) is 11.6 Å². The average Bonchev–Trinajstić information content (AvgIpc) is 2.83. The van der Waals surface area contributed by atoms with Crippen molar-refractivity contribution >= 4 is 11.9 Å². The zero-order valence-corrected chi connectivity index (χ0v) is 14.3. The van der Waals surface area contributed by atoms with E-state index >= 15 is 0 Å². The van der Waals surface area contributed by atoms with E-state index in [4.69, 9.17) is 0 Å². The first kappa shape index (κ1) is 19.7. The van der Waals surface area contributed by atoms with Crippen molar-refractivity contribution in [1.29, 1.82) is 0 Å². The average molecular weight is 325 g/mol. The molecule has 0 fully saturated rings. The third kappa shape index (κ3) is 9.39. The number of hydrogen-bond donors (Lipinski definition) is 2. The number of cyclic esters (lactones) is 1. The summed E-state index contributed by atoms with van der Waals surface area (Å²) in [5, 5.41) is 12.2. The number of aliphatic hydroxyl groups excluding tert-OH is 1. The molecule has 1 aliphatic heterocycles. The van der Waals surface area contributed by atoms with Crippen LogP contribution in [0.25, 0.3) is 0 Å². The van der Waals surface area contributed by atoms with E-state index in [0.29, 0.717) is 25.0 Å². The first-order valence-electron chi connectivity index (χ1n) is 8.99. The Morgan fingerprint density at radius 2 is 1.74 bits per heavy atom. The summed E-state index contributed by atoms with van der Waals surface area (Å²) in [5.74, 6) is -0.484. The minimum Gasteiger partial charge on any atom is -0.429 e. The normalized spacial score (nSPS) is 17.0. The molecule has 0 aromatic rings.